The fraction of sp³-hybridized carbons (Fsp3) is 0. The summed E-state index contributed by atoms with van der Waals surface area (Å²) in [5, 5.41) is 22.3. The molecule has 5 nitrogen and oxygen atoms in total. The van der Waals surface area contributed by atoms with Crippen LogP contribution in [0.3, 0.4) is 0 Å². The summed E-state index contributed by atoms with van der Waals surface area (Å²) in [6.07, 6.45) is 1.28. The second kappa shape index (κ2) is 5.83. The molecule has 0 fully saturated rings. The van der Waals surface area contributed by atoms with E-state index < -0.39 is 11.7 Å². The highest BCUT2D eigenvalue weighted by molar-refractivity contribution is 5.97. The minimum absolute atomic E-state index is 0.0285. The molecule has 0 aliphatic heterocycles. The number of nitrogens with one attached hydrogen (secondary N) is 1. The minimum atomic E-state index is -0.643. The van der Waals surface area contributed by atoms with Crippen LogP contribution in [0.25, 0.3) is 0 Å². The Morgan fingerprint density at radius 3 is 2.70 bits per heavy atom. The average Bonchev–Trinajstić information content (AvgIpc) is 2.38. The third kappa shape index (κ3) is 3.32. The number of hydrazone groups is 1. The van der Waals surface area contributed by atoms with Crippen LogP contribution in [0.15, 0.2) is 47.6 Å². The molecule has 1 amide bonds. The summed E-state index contributed by atoms with van der Waals surface area (Å²) >= 11 is 0. The summed E-state index contributed by atoms with van der Waals surface area (Å²) in [6.45, 7) is 0. The van der Waals surface area contributed by atoms with Gasteiger partial charge in [0.1, 0.15) is 17.3 Å². The van der Waals surface area contributed by atoms with E-state index in [1.165, 1.54) is 36.5 Å². The third-order valence-corrected chi connectivity index (χ3v) is 2.45. The fourth-order valence-electron chi connectivity index (χ4n) is 1.52. The van der Waals surface area contributed by atoms with Crippen LogP contribution in [-0.4, -0.2) is 22.3 Å². The Labute approximate surface area is 114 Å². The first-order valence-electron chi connectivity index (χ1n) is 5.67. The predicted molar refractivity (Wildman–Crippen MR) is 71.2 cm³/mol. The van der Waals surface area contributed by atoms with Crippen LogP contribution in [0.4, 0.5) is 4.39 Å². The Bertz CT molecular complexity index is 671. The van der Waals surface area contributed by atoms with Crippen LogP contribution < -0.4 is 5.43 Å². The molecular weight excluding hydrogens is 263 g/mol. The minimum Gasteiger partial charge on any atom is -0.508 e. The van der Waals surface area contributed by atoms with Crippen molar-refractivity contribution in [3.8, 4) is 11.5 Å². The molecule has 0 spiro atoms. The zero-order valence-corrected chi connectivity index (χ0v) is 10.2. The van der Waals surface area contributed by atoms with E-state index in [4.69, 9.17) is 5.11 Å². The second-order valence-electron chi connectivity index (χ2n) is 3.96. The highest BCUT2D eigenvalue weighted by Crippen LogP contribution is 2.22. The van der Waals surface area contributed by atoms with Crippen molar-refractivity contribution >= 4 is 12.1 Å². The molecule has 0 radical (unpaired) electrons. The molecule has 6 heteroatoms. The van der Waals surface area contributed by atoms with Crippen LogP contribution in [0, 0.1) is 5.82 Å². The van der Waals surface area contributed by atoms with Gasteiger partial charge in [0.2, 0.25) is 0 Å². The molecule has 0 aliphatic carbocycles. The van der Waals surface area contributed by atoms with Crippen molar-refractivity contribution in [3.05, 3.63) is 59.4 Å². The van der Waals surface area contributed by atoms with E-state index in [1.54, 1.807) is 6.07 Å². The number of rotatable bonds is 3. The number of amides is 1. The van der Waals surface area contributed by atoms with Crippen LogP contribution in [0.5, 0.6) is 11.5 Å². The van der Waals surface area contributed by atoms with Gasteiger partial charge >= 0.3 is 0 Å². The smallest absolute Gasteiger partial charge is 0.275 e. The van der Waals surface area contributed by atoms with E-state index in [2.05, 4.69) is 10.5 Å². The third-order valence-electron chi connectivity index (χ3n) is 2.45. The lowest BCUT2D eigenvalue weighted by atomic mass is 10.2. The normalized spacial score (nSPS) is 10.7. The molecule has 0 aromatic heterocycles. The van der Waals surface area contributed by atoms with Gasteiger partial charge in [-0.3, -0.25) is 4.79 Å². The van der Waals surface area contributed by atoms with Gasteiger partial charge in [0.15, 0.2) is 0 Å². The number of carbonyl (C=O) groups excluding carboxylic acids is 1. The van der Waals surface area contributed by atoms with Gasteiger partial charge in [-0.25, -0.2) is 9.82 Å². The van der Waals surface area contributed by atoms with Gasteiger partial charge in [0.25, 0.3) is 5.91 Å². The summed E-state index contributed by atoms with van der Waals surface area (Å²) in [5.74, 6) is -1.56. The van der Waals surface area contributed by atoms with Crippen molar-refractivity contribution < 1.29 is 19.4 Å². The number of phenols is 2. The molecule has 102 valence electrons. The van der Waals surface area contributed by atoms with Crippen molar-refractivity contribution in [2.24, 2.45) is 5.10 Å². The average molecular weight is 274 g/mol. The Hall–Kier alpha value is -2.89. The highest BCUT2D eigenvalue weighted by Gasteiger charge is 2.10. The Morgan fingerprint density at radius 2 is 2.00 bits per heavy atom. The van der Waals surface area contributed by atoms with E-state index in [0.717, 1.165) is 6.07 Å². The van der Waals surface area contributed by atoms with Crippen molar-refractivity contribution in [2.45, 2.75) is 0 Å². The molecule has 20 heavy (non-hydrogen) atoms. The van der Waals surface area contributed by atoms with E-state index in [-0.39, 0.29) is 17.1 Å². The molecule has 3 N–H and O–H groups in total. The number of hydrogen-bond acceptors (Lipinski definition) is 4. The molecule has 0 bridgehead atoms. The lowest BCUT2D eigenvalue weighted by Gasteiger charge is -2.03. The molecule has 0 aliphatic rings. The second-order valence-corrected chi connectivity index (χ2v) is 3.96. The van der Waals surface area contributed by atoms with Crippen molar-refractivity contribution in [1.82, 2.24) is 5.43 Å². The van der Waals surface area contributed by atoms with E-state index >= 15 is 0 Å². The Kier molecular flexibility index (Phi) is 3.95. The van der Waals surface area contributed by atoms with Gasteiger partial charge in [-0.15, -0.1) is 0 Å². The summed E-state index contributed by atoms with van der Waals surface area (Å²) < 4.78 is 12.9. The standard InChI is InChI=1S/C14H11FN2O3/c15-10-3-1-2-9(6-10)8-16-17-14(20)12-5-4-11(18)7-13(12)19/h1-8,18-19H,(H,17,20)/b16-8-. The number of halogens is 1. The molecule has 0 atom stereocenters. The Morgan fingerprint density at radius 1 is 1.20 bits per heavy atom. The first-order valence-corrected chi connectivity index (χ1v) is 5.67. The lowest BCUT2D eigenvalue weighted by Crippen LogP contribution is -2.17. The topological polar surface area (TPSA) is 81.9 Å². The van der Waals surface area contributed by atoms with E-state index in [9.17, 15) is 14.3 Å². The highest BCUT2D eigenvalue weighted by atomic mass is 19.1. The first kappa shape index (κ1) is 13.5. The van der Waals surface area contributed by atoms with E-state index in [1.807, 2.05) is 0 Å². The SMILES string of the molecule is O=C(N/N=C\c1cccc(F)c1)c1ccc(O)cc1O. The van der Waals surface area contributed by atoms with Gasteiger partial charge in [-0.05, 0) is 29.8 Å². The van der Waals surface area contributed by atoms with Crippen LogP contribution >= 0.6 is 0 Å². The quantitative estimate of drug-likeness (QED) is 0.591. The lowest BCUT2D eigenvalue weighted by molar-refractivity contribution is 0.0952. The monoisotopic (exact) mass is 274 g/mol. The summed E-state index contributed by atoms with van der Waals surface area (Å²) in [6, 6.07) is 9.27. The van der Waals surface area contributed by atoms with Gasteiger partial charge in [-0.1, -0.05) is 12.1 Å². The van der Waals surface area contributed by atoms with Crippen molar-refractivity contribution in [3.63, 3.8) is 0 Å². The van der Waals surface area contributed by atoms with Crippen LogP contribution in [0.1, 0.15) is 15.9 Å². The summed E-state index contributed by atoms with van der Waals surface area (Å²) in [4.78, 5) is 11.7. The first-order chi connectivity index (χ1) is 9.56. The van der Waals surface area contributed by atoms with E-state index in [0.29, 0.717) is 5.56 Å². The number of nitrogens with zero attached hydrogens (tertiary/aromatic N) is 1. The maximum absolute atomic E-state index is 12.9. The number of hydrogen-bond donors (Lipinski definition) is 3. The number of carbonyl (C=O) groups is 1. The van der Waals surface area contributed by atoms with Gasteiger partial charge in [-0.2, -0.15) is 5.10 Å². The molecule has 0 heterocycles. The van der Waals surface area contributed by atoms with Gasteiger partial charge in [0.05, 0.1) is 11.8 Å². The molecule has 2 aromatic carbocycles. The largest absolute Gasteiger partial charge is 0.508 e. The van der Waals surface area contributed by atoms with Crippen LogP contribution in [0.2, 0.25) is 0 Å². The summed E-state index contributed by atoms with van der Waals surface area (Å²) in [5.41, 5.74) is 2.65. The molecule has 0 saturated carbocycles. The molecule has 2 aromatic rings. The molecular formula is C14H11FN2O3. The number of phenolic OH excluding ortho intramolecular Hbond substituents is 2. The van der Waals surface area contributed by atoms with Gasteiger partial charge in [0, 0.05) is 6.07 Å². The Balaban J connectivity index is 2.05. The fourth-order valence-corrected chi connectivity index (χ4v) is 1.52. The zero-order valence-electron chi connectivity index (χ0n) is 10.2. The zero-order chi connectivity index (χ0) is 14.5. The van der Waals surface area contributed by atoms with Crippen molar-refractivity contribution in [1.29, 1.82) is 0 Å². The maximum Gasteiger partial charge on any atom is 0.275 e. The van der Waals surface area contributed by atoms with Crippen LogP contribution in [-0.2, 0) is 0 Å². The molecule has 2 rings (SSSR count). The number of benzene rings is 2. The molecule has 0 saturated heterocycles. The van der Waals surface area contributed by atoms with Gasteiger partial charge < -0.3 is 10.2 Å². The number of aromatic hydroxyl groups is 2. The summed E-state index contributed by atoms with van der Waals surface area (Å²) in [7, 11) is 0. The van der Waals surface area contributed by atoms with Crippen molar-refractivity contribution in [2.75, 3.05) is 0 Å². The molecule has 0 unspecified atom stereocenters. The predicted octanol–water partition coefficient (Wildman–Crippen LogP) is 2.00. The maximum atomic E-state index is 12.9.